The van der Waals surface area contributed by atoms with Crippen molar-refractivity contribution < 1.29 is 19.4 Å². The number of carbonyl (C=O) groups excluding carboxylic acids is 2. The molecule has 0 aliphatic carbocycles. The van der Waals surface area contributed by atoms with E-state index in [-0.39, 0.29) is 18.5 Å². The molecule has 3 N–H and O–H groups in total. The molecular formula is C23H29N3O4. The topological polar surface area (TPSA) is 90.9 Å². The van der Waals surface area contributed by atoms with Crippen molar-refractivity contribution >= 4 is 11.9 Å². The maximum absolute atomic E-state index is 12.7. The Morgan fingerprint density at radius 1 is 1.13 bits per heavy atom. The van der Waals surface area contributed by atoms with Crippen LogP contribution in [0.5, 0.6) is 5.75 Å². The Hall–Kier alpha value is -3.06. The van der Waals surface area contributed by atoms with Crippen molar-refractivity contribution in [2.45, 2.75) is 38.5 Å². The van der Waals surface area contributed by atoms with E-state index in [1.54, 1.807) is 29.2 Å². The molecule has 0 bridgehead atoms. The second kappa shape index (κ2) is 10.6. The van der Waals surface area contributed by atoms with Crippen molar-refractivity contribution in [3.05, 3.63) is 65.7 Å². The SMILES string of the molecule is CCNC(=O)N1CCC[C@@H](O)[C@H](NC(=O)c2ccc(OCc3ccccc3)cc2)C1. The first-order valence-corrected chi connectivity index (χ1v) is 10.4. The molecule has 3 amide bonds. The van der Waals surface area contributed by atoms with Gasteiger partial charge in [0.25, 0.3) is 5.91 Å². The monoisotopic (exact) mass is 411 g/mol. The summed E-state index contributed by atoms with van der Waals surface area (Å²) >= 11 is 0. The second-order valence-corrected chi connectivity index (χ2v) is 7.37. The van der Waals surface area contributed by atoms with Gasteiger partial charge in [0.05, 0.1) is 12.1 Å². The zero-order valence-electron chi connectivity index (χ0n) is 17.2. The number of aliphatic hydroxyl groups is 1. The van der Waals surface area contributed by atoms with Gasteiger partial charge in [-0.1, -0.05) is 30.3 Å². The molecular weight excluding hydrogens is 382 g/mol. The third-order valence-electron chi connectivity index (χ3n) is 5.11. The van der Waals surface area contributed by atoms with Crippen LogP contribution < -0.4 is 15.4 Å². The van der Waals surface area contributed by atoms with Crippen molar-refractivity contribution in [1.29, 1.82) is 0 Å². The van der Waals surface area contributed by atoms with E-state index < -0.39 is 12.1 Å². The number of likely N-dealkylation sites (tertiary alicyclic amines) is 1. The molecule has 0 unspecified atom stereocenters. The number of rotatable bonds is 6. The molecule has 1 saturated heterocycles. The van der Waals surface area contributed by atoms with E-state index >= 15 is 0 Å². The summed E-state index contributed by atoms with van der Waals surface area (Å²) in [5.74, 6) is 0.388. The lowest BCUT2D eigenvalue weighted by Gasteiger charge is -2.27. The van der Waals surface area contributed by atoms with Crippen LogP contribution in [-0.4, -0.2) is 53.7 Å². The smallest absolute Gasteiger partial charge is 0.317 e. The number of urea groups is 1. The molecule has 3 rings (SSSR count). The van der Waals surface area contributed by atoms with Crippen LogP contribution in [0.4, 0.5) is 4.79 Å². The Morgan fingerprint density at radius 3 is 2.57 bits per heavy atom. The molecule has 1 aliphatic heterocycles. The lowest BCUT2D eigenvalue weighted by Crippen LogP contribution is -2.51. The average molecular weight is 412 g/mol. The van der Waals surface area contributed by atoms with Crippen molar-refractivity contribution in [3.63, 3.8) is 0 Å². The van der Waals surface area contributed by atoms with Crippen LogP contribution >= 0.6 is 0 Å². The highest BCUT2D eigenvalue weighted by molar-refractivity contribution is 5.94. The third kappa shape index (κ3) is 5.97. The van der Waals surface area contributed by atoms with Crippen molar-refractivity contribution in [1.82, 2.24) is 15.5 Å². The summed E-state index contributed by atoms with van der Waals surface area (Å²) in [5.41, 5.74) is 1.54. The zero-order valence-corrected chi connectivity index (χ0v) is 17.2. The van der Waals surface area contributed by atoms with Crippen molar-refractivity contribution in [2.75, 3.05) is 19.6 Å². The number of hydrogen-bond donors (Lipinski definition) is 3. The number of nitrogens with one attached hydrogen (secondary N) is 2. The summed E-state index contributed by atoms with van der Waals surface area (Å²) < 4.78 is 5.75. The largest absolute Gasteiger partial charge is 0.489 e. The molecule has 160 valence electrons. The molecule has 7 heteroatoms. The number of carbonyl (C=O) groups is 2. The summed E-state index contributed by atoms with van der Waals surface area (Å²) in [4.78, 5) is 26.5. The zero-order chi connectivity index (χ0) is 21.3. The molecule has 30 heavy (non-hydrogen) atoms. The maximum atomic E-state index is 12.7. The van der Waals surface area contributed by atoms with Gasteiger partial charge in [0.15, 0.2) is 0 Å². The van der Waals surface area contributed by atoms with Crippen LogP contribution in [0.15, 0.2) is 54.6 Å². The molecule has 2 aromatic carbocycles. The number of ether oxygens (including phenoxy) is 1. The van der Waals surface area contributed by atoms with Crippen LogP contribution in [0, 0.1) is 0 Å². The van der Waals surface area contributed by atoms with E-state index in [1.807, 2.05) is 37.3 Å². The Morgan fingerprint density at radius 2 is 1.87 bits per heavy atom. The predicted molar refractivity (Wildman–Crippen MR) is 114 cm³/mol. The minimum atomic E-state index is -0.693. The Bertz CT molecular complexity index is 826. The van der Waals surface area contributed by atoms with E-state index in [2.05, 4.69) is 10.6 Å². The van der Waals surface area contributed by atoms with Crippen molar-refractivity contribution in [3.8, 4) is 5.75 Å². The molecule has 0 aromatic heterocycles. The fourth-order valence-corrected chi connectivity index (χ4v) is 3.43. The molecule has 1 aliphatic rings. The van der Waals surface area contributed by atoms with Gasteiger partial charge in [0.1, 0.15) is 12.4 Å². The van der Waals surface area contributed by atoms with Gasteiger partial charge in [-0.05, 0) is 49.6 Å². The number of amides is 3. The number of nitrogens with zero attached hydrogens (tertiary/aromatic N) is 1. The second-order valence-electron chi connectivity index (χ2n) is 7.37. The summed E-state index contributed by atoms with van der Waals surface area (Å²) in [6.45, 7) is 3.68. The van der Waals surface area contributed by atoms with Crippen LogP contribution in [-0.2, 0) is 6.61 Å². The van der Waals surface area contributed by atoms with Gasteiger partial charge in [-0.2, -0.15) is 0 Å². The van der Waals surface area contributed by atoms with Gasteiger partial charge in [-0.25, -0.2) is 4.79 Å². The van der Waals surface area contributed by atoms with Gasteiger partial charge >= 0.3 is 6.03 Å². The molecule has 2 aromatic rings. The molecule has 7 nitrogen and oxygen atoms in total. The summed E-state index contributed by atoms with van der Waals surface area (Å²) in [7, 11) is 0. The highest BCUT2D eigenvalue weighted by Gasteiger charge is 2.29. The number of benzene rings is 2. The number of aliphatic hydroxyl groups excluding tert-OH is 1. The lowest BCUT2D eigenvalue weighted by atomic mass is 10.1. The average Bonchev–Trinajstić information content (AvgIpc) is 2.95. The molecule has 0 radical (unpaired) electrons. The number of hydrogen-bond acceptors (Lipinski definition) is 4. The summed E-state index contributed by atoms with van der Waals surface area (Å²) in [6.07, 6.45) is 0.535. The molecule has 1 fully saturated rings. The Balaban J connectivity index is 1.57. The minimum absolute atomic E-state index is 0.175. The van der Waals surface area contributed by atoms with Crippen LogP contribution in [0.2, 0.25) is 0 Å². The van der Waals surface area contributed by atoms with Crippen LogP contribution in [0.3, 0.4) is 0 Å². The fourth-order valence-electron chi connectivity index (χ4n) is 3.43. The van der Waals surface area contributed by atoms with Gasteiger partial charge in [-0.3, -0.25) is 4.79 Å². The first-order valence-electron chi connectivity index (χ1n) is 10.4. The molecule has 0 saturated carbocycles. The highest BCUT2D eigenvalue weighted by Crippen LogP contribution is 2.16. The van der Waals surface area contributed by atoms with Gasteiger partial charge < -0.3 is 25.4 Å². The van der Waals surface area contributed by atoms with Crippen LogP contribution in [0.25, 0.3) is 0 Å². The van der Waals surface area contributed by atoms with E-state index in [0.29, 0.717) is 43.9 Å². The van der Waals surface area contributed by atoms with Gasteiger partial charge in [0, 0.05) is 25.2 Å². The molecule has 2 atom stereocenters. The maximum Gasteiger partial charge on any atom is 0.317 e. The van der Waals surface area contributed by atoms with Gasteiger partial charge in [-0.15, -0.1) is 0 Å². The summed E-state index contributed by atoms with van der Waals surface area (Å²) in [6, 6.07) is 16.1. The predicted octanol–water partition coefficient (Wildman–Crippen LogP) is 2.55. The Kier molecular flexibility index (Phi) is 7.68. The van der Waals surface area contributed by atoms with Gasteiger partial charge in [0.2, 0.25) is 0 Å². The van der Waals surface area contributed by atoms with E-state index in [0.717, 1.165) is 5.56 Å². The third-order valence-corrected chi connectivity index (χ3v) is 5.11. The van der Waals surface area contributed by atoms with E-state index in [1.165, 1.54) is 0 Å². The first kappa shape index (κ1) is 21.6. The lowest BCUT2D eigenvalue weighted by molar-refractivity contribution is 0.0809. The normalized spacial score (nSPS) is 18.9. The fraction of sp³-hybridized carbons (Fsp3) is 0.391. The minimum Gasteiger partial charge on any atom is -0.489 e. The molecule has 1 heterocycles. The standard InChI is InChI=1S/C23H29N3O4/c1-2-24-23(29)26-14-6-9-21(27)20(15-26)25-22(28)18-10-12-19(13-11-18)30-16-17-7-4-3-5-8-17/h3-5,7-8,10-13,20-21,27H,2,6,9,14-16H2,1H3,(H,24,29)(H,25,28)/t20-,21-/m1/s1. The van der Waals surface area contributed by atoms with E-state index in [9.17, 15) is 14.7 Å². The van der Waals surface area contributed by atoms with E-state index in [4.69, 9.17) is 4.74 Å². The summed E-state index contributed by atoms with van der Waals surface area (Å²) in [5, 5.41) is 16.1. The first-order chi connectivity index (χ1) is 14.6. The van der Waals surface area contributed by atoms with Crippen LogP contribution in [0.1, 0.15) is 35.7 Å². The highest BCUT2D eigenvalue weighted by atomic mass is 16.5. The quantitative estimate of drug-likeness (QED) is 0.681. The van der Waals surface area contributed by atoms with Crippen molar-refractivity contribution in [2.24, 2.45) is 0 Å². The molecule has 0 spiro atoms. The Labute approximate surface area is 177 Å².